The summed E-state index contributed by atoms with van der Waals surface area (Å²) < 4.78 is 11.1. The van der Waals surface area contributed by atoms with E-state index in [-0.39, 0.29) is 26.0 Å². The van der Waals surface area contributed by atoms with Crippen molar-refractivity contribution in [2.24, 2.45) is 0 Å². The molecule has 1 amide bonds. The van der Waals surface area contributed by atoms with Crippen molar-refractivity contribution in [3.8, 4) is 0 Å². The Bertz CT molecular complexity index is 806. The van der Waals surface area contributed by atoms with Gasteiger partial charge in [-0.15, -0.1) is 0 Å². The molecule has 2 rings (SSSR count). The average Bonchev–Trinajstić information content (AvgIpc) is 2.92. The largest absolute Gasteiger partial charge is 0.466 e. The third kappa shape index (κ3) is 5.25. The van der Waals surface area contributed by atoms with Gasteiger partial charge in [-0.1, -0.05) is 0 Å². The predicted molar refractivity (Wildman–Crippen MR) is 93.0 cm³/mol. The lowest BCUT2D eigenvalue weighted by Crippen LogP contribution is -2.43. The van der Waals surface area contributed by atoms with Crippen LogP contribution in [-0.4, -0.2) is 69.1 Å². The Morgan fingerprint density at radius 2 is 2.11 bits per heavy atom. The number of aromatic amines is 1. The van der Waals surface area contributed by atoms with Crippen molar-refractivity contribution in [2.45, 2.75) is 50.3 Å². The van der Waals surface area contributed by atoms with Gasteiger partial charge in [-0.2, -0.15) is 0 Å². The van der Waals surface area contributed by atoms with Gasteiger partial charge >= 0.3 is 11.7 Å². The second-order valence-electron chi connectivity index (χ2n) is 6.21. The van der Waals surface area contributed by atoms with Crippen LogP contribution in [0, 0.1) is 0 Å². The molecule has 0 saturated carbocycles. The van der Waals surface area contributed by atoms with Gasteiger partial charge in [0.15, 0.2) is 6.23 Å². The standard InChI is InChI=1S/C16H23N4O8/c1-2-27-11(22)4-3-8(17)14(25)18-7-9-12(23)13(24)15(28-9)20-6-5-10(21)19-16(20)26/h5-6,8-9,12-13,15,17,23-24H,2-4,7H2,1H3,(H,18,25)(H,19,21,26)/t8?,9-,12+,13?,15-/m1/s1. The lowest BCUT2D eigenvalue weighted by molar-refractivity contribution is -0.143. The normalized spacial score (nSPS) is 25.3. The summed E-state index contributed by atoms with van der Waals surface area (Å²) in [6.45, 7) is 1.64. The third-order valence-corrected chi connectivity index (χ3v) is 4.20. The van der Waals surface area contributed by atoms with Crippen LogP contribution in [0.3, 0.4) is 0 Å². The molecular weight excluding hydrogens is 376 g/mol. The summed E-state index contributed by atoms with van der Waals surface area (Å²) in [6.07, 6.45) is -4.16. The van der Waals surface area contributed by atoms with Gasteiger partial charge in [0, 0.05) is 25.2 Å². The maximum absolute atomic E-state index is 12.0. The van der Waals surface area contributed by atoms with E-state index >= 15 is 0 Å². The fraction of sp³-hybridized carbons (Fsp3) is 0.625. The number of esters is 1. The van der Waals surface area contributed by atoms with Crippen molar-refractivity contribution in [1.29, 1.82) is 0 Å². The highest BCUT2D eigenvalue weighted by Gasteiger charge is 2.44. The number of ether oxygens (including phenoxy) is 2. The number of amides is 1. The van der Waals surface area contributed by atoms with Crippen LogP contribution < -0.4 is 22.3 Å². The first-order valence-corrected chi connectivity index (χ1v) is 8.72. The Kier molecular flexibility index (Phi) is 7.45. The average molecular weight is 399 g/mol. The van der Waals surface area contributed by atoms with E-state index in [9.17, 15) is 29.4 Å². The summed E-state index contributed by atoms with van der Waals surface area (Å²) in [5.74, 6) is -1.18. The Morgan fingerprint density at radius 1 is 1.39 bits per heavy atom. The number of aliphatic hydroxyl groups excluding tert-OH is 2. The van der Waals surface area contributed by atoms with Crippen LogP contribution in [0.4, 0.5) is 0 Å². The van der Waals surface area contributed by atoms with Gasteiger partial charge in [-0.05, 0) is 13.3 Å². The van der Waals surface area contributed by atoms with Gasteiger partial charge in [0.2, 0.25) is 5.91 Å². The minimum atomic E-state index is -1.47. The molecule has 5 N–H and O–H groups in total. The fourth-order valence-corrected chi connectivity index (χ4v) is 2.71. The van der Waals surface area contributed by atoms with E-state index in [0.29, 0.717) is 0 Å². The molecule has 0 aliphatic carbocycles. The summed E-state index contributed by atoms with van der Waals surface area (Å²) in [4.78, 5) is 48.2. The highest BCUT2D eigenvalue weighted by atomic mass is 16.6. The Balaban J connectivity index is 1.90. The predicted octanol–water partition coefficient (Wildman–Crippen LogP) is -2.73. The molecule has 155 valence electrons. The molecule has 12 nitrogen and oxygen atoms in total. The van der Waals surface area contributed by atoms with E-state index in [1.165, 1.54) is 0 Å². The van der Waals surface area contributed by atoms with Crippen molar-refractivity contribution < 1.29 is 29.3 Å². The SMILES string of the molecule is CCOC(=O)CCC([NH])C(=O)NC[C@H]1O[C@@H](n2ccc(=O)[nH]c2=O)C(O)[C@H]1O. The molecule has 1 aromatic heterocycles. The van der Waals surface area contributed by atoms with Crippen LogP contribution in [-0.2, 0) is 19.1 Å². The maximum atomic E-state index is 12.0. The molecule has 2 unspecified atom stereocenters. The van der Waals surface area contributed by atoms with E-state index in [0.717, 1.165) is 16.8 Å². The zero-order valence-corrected chi connectivity index (χ0v) is 15.2. The second kappa shape index (κ2) is 9.59. The second-order valence-corrected chi connectivity index (χ2v) is 6.21. The Hall–Kier alpha value is -2.54. The summed E-state index contributed by atoms with van der Waals surface area (Å²) >= 11 is 0. The van der Waals surface area contributed by atoms with Crippen LogP contribution in [0.25, 0.3) is 0 Å². The molecular formula is C16H23N4O8. The number of aliphatic hydroxyl groups is 2. The first-order valence-electron chi connectivity index (χ1n) is 8.72. The number of nitrogens with zero attached hydrogens (tertiary/aromatic N) is 1. The Labute approximate surface area is 159 Å². The molecule has 1 aliphatic rings. The number of hydrogen-bond donors (Lipinski definition) is 4. The topological polar surface area (TPSA) is 184 Å². The van der Waals surface area contributed by atoms with Gasteiger partial charge in [0.1, 0.15) is 24.4 Å². The highest BCUT2D eigenvalue weighted by Crippen LogP contribution is 2.27. The number of carbonyl (C=O) groups is 2. The molecule has 5 atom stereocenters. The van der Waals surface area contributed by atoms with Crippen LogP contribution >= 0.6 is 0 Å². The van der Waals surface area contributed by atoms with Crippen LogP contribution in [0.1, 0.15) is 26.0 Å². The molecule has 2 heterocycles. The number of rotatable bonds is 8. The van der Waals surface area contributed by atoms with Crippen LogP contribution in [0.15, 0.2) is 21.9 Å². The third-order valence-electron chi connectivity index (χ3n) is 4.20. The van der Waals surface area contributed by atoms with E-state index in [4.69, 9.17) is 15.2 Å². The summed E-state index contributed by atoms with van der Waals surface area (Å²) in [6, 6.07) is -0.154. The molecule has 28 heavy (non-hydrogen) atoms. The number of nitrogens with one attached hydrogen (secondary N) is 3. The van der Waals surface area contributed by atoms with Crippen LogP contribution in [0.2, 0.25) is 0 Å². The molecule has 0 bridgehead atoms. The summed E-state index contributed by atoms with van der Waals surface area (Å²) in [5.41, 5.74) is 6.29. The van der Waals surface area contributed by atoms with E-state index in [1.807, 2.05) is 4.98 Å². The molecule has 1 fully saturated rings. The van der Waals surface area contributed by atoms with Crippen molar-refractivity contribution in [3.63, 3.8) is 0 Å². The zero-order chi connectivity index (χ0) is 20.8. The van der Waals surface area contributed by atoms with E-state index < -0.39 is 53.7 Å². The minimum absolute atomic E-state index is 0.0310. The molecule has 1 aliphatic heterocycles. The van der Waals surface area contributed by atoms with Gasteiger partial charge in [-0.3, -0.25) is 23.9 Å². The molecule has 0 spiro atoms. The summed E-state index contributed by atoms with van der Waals surface area (Å²) in [5, 5.41) is 22.6. The number of H-pyrrole nitrogens is 1. The first kappa shape index (κ1) is 21.8. The van der Waals surface area contributed by atoms with Gasteiger partial charge in [0.05, 0.1) is 6.61 Å². The molecule has 1 aromatic rings. The van der Waals surface area contributed by atoms with Gasteiger partial charge in [-0.25, -0.2) is 10.5 Å². The highest BCUT2D eigenvalue weighted by molar-refractivity contribution is 5.82. The van der Waals surface area contributed by atoms with Crippen LogP contribution in [0.5, 0.6) is 0 Å². The van der Waals surface area contributed by atoms with Crippen molar-refractivity contribution in [1.82, 2.24) is 20.6 Å². The van der Waals surface area contributed by atoms with E-state index in [2.05, 4.69) is 5.32 Å². The van der Waals surface area contributed by atoms with Crippen molar-refractivity contribution in [3.05, 3.63) is 33.1 Å². The zero-order valence-electron chi connectivity index (χ0n) is 15.2. The van der Waals surface area contributed by atoms with Gasteiger partial charge < -0.3 is 25.0 Å². The minimum Gasteiger partial charge on any atom is -0.466 e. The number of hydrogen-bond acceptors (Lipinski definition) is 8. The smallest absolute Gasteiger partial charge is 0.330 e. The van der Waals surface area contributed by atoms with Crippen molar-refractivity contribution in [2.75, 3.05) is 13.2 Å². The monoisotopic (exact) mass is 399 g/mol. The van der Waals surface area contributed by atoms with Gasteiger partial charge in [0.25, 0.3) is 5.56 Å². The van der Waals surface area contributed by atoms with Crippen molar-refractivity contribution >= 4 is 11.9 Å². The lowest BCUT2D eigenvalue weighted by Gasteiger charge is -2.17. The number of aromatic nitrogens is 2. The quantitative estimate of drug-likeness (QED) is 0.339. The maximum Gasteiger partial charge on any atom is 0.330 e. The lowest BCUT2D eigenvalue weighted by atomic mass is 10.1. The van der Waals surface area contributed by atoms with E-state index in [1.54, 1.807) is 6.92 Å². The fourth-order valence-electron chi connectivity index (χ4n) is 2.71. The molecule has 1 saturated heterocycles. The summed E-state index contributed by atoms with van der Waals surface area (Å²) in [7, 11) is 0. The number of carbonyl (C=O) groups excluding carboxylic acids is 2. The molecule has 12 heteroatoms. The molecule has 1 radical (unpaired) electrons. The Morgan fingerprint density at radius 3 is 2.75 bits per heavy atom. The molecule has 0 aromatic carbocycles. The first-order chi connectivity index (χ1) is 13.2.